The Kier molecular flexibility index (Phi) is 2.26. The summed E-state index contributed by atoms with van der Waals surface area (Å²) in [7, 11) is 0. The summed E-state index contributed by atoms with van der Waals surface area (Å²) in [5.74, 6) is 0.208. The maximum absolute atomic E-state index is 11.4. The summed E-state index contributed by atoms with van der Waals surface area (Å²) in [5.41, 5.74) is 3.80. The van der Waals surface area contributed by atoms with Gasteiger partial charge < -0.3 is 0 Å². The molecule has 0 unspecified atom stereocenters. The van der Waals surface area contributed by atoms with Gasteiger partial charge >= 0.3 is 0 Å². The minimum atomic E-state index is 0.108. The first-order chi connectivity index (χ1) is 6.98. The zero-order valence-electron chi connectivity index (χ0n) is 9.50. The zero-order valence-corrected chi connectivity index (χ0v) is 9.50. The second-order valence-electron chi connectivity index (χ2n) is 5.10. The largest absolute Gasteiger partial charge is 0.294 e. The van der Waals surface area contributed by atoms with Crippen molar-refractivity contribution in [2.75, 3.05) is 0 Å². The van der Waals surface area contributed by atoms with Gasteiger partial charge in [0.15, 0.2) is 5.78 Å². The molecule has 1 aromatic carbocycles. The van der Waals surface area contributed by atoms with Crippen LogP contribution >= 0.6 is 0 Å². The third kappa shape index (κ3) is 1.87. The highest BCUT2D eigenvalue weighted by atomic mass is 16.1. The fourth-order valence-electron chi connectivity index (χ4n) is 2.08. The van der Waals surface area contributed by atoms with Crippen LogP contribution in [0, 0.1) is 0 Å². The number of fused-ring (bicyclic) bond motifs is 1. The molecule has 2 rings (SSSR count). The van der Waals surface area contributed by atoms with Crippen LogP contribution in [0.4, 0.5) is 0 Å². The minimum absolute atomic E-state index is 0.108. The van der Waals surface area contributed by atoms with Crippen LogP contribution < -0.4 is 0 Å². The molecule has 1 aromatic rings. The number of ketones is 1. The van der Waals surface area contributed by atoms with Gasteiger partial charge in [0.1, 0.15) is 0 Å². The Hall–Kier alpha value is -1.37. The number of rotatable bonds is 0. The number of benzene rings is 1. The molecule has 1 heteroatoms. The van der Waals surface area contributed by atoms with E-state index in [1.807, 2.05) is 6.08 Å². The molecule has 0 N–H and O–H groups in total. The Morgan fingerprint density at radius 2 is 1.87 bits per heavy atom. The SMILES string of the molecule is CC(C)(C)c1cccc2c1CC(=O)C=C2. The van der Waals surface area contributed by atoms with Crippen LogP contribution in [0.15, 0.2) is 24.3 Å². The van der Waals surface area contributed by atoms with Gasteiger partial charge in [0.2, 0.25) is 0 Å². The summed E-state index contributed by atoms with van der Waals surface area (Å²) < 4.78 is 0. The molecule has 0 atom stereocenters. The van der Waals surface area contributed by atoms with Crippen molar-refractivity contribution in [3.8, 4) is 0 Å². The Morgan fingerprint density at radius 3 is 2.53 bits per heavy atom. The third-order valence-corrected chi connectivity index (χ3v) is 2.82. The molecule has 0 saturated carbocycles. The fraction of sp³-hybridized carbons (Fsp3) is 0.357. The summed E-state index contributed by atoms with van der Waals surface area (Å²) in [6.45, 7) is 6.56. The fourth-order valence-corrected chi connectivity index (χ4v) is 2.08. The summed E-state index contributed by atoms with van der Waals surface area (Å²) in [6, 6.07) is 6.28. The smallest absolute Gasteiger partial charge is 0.160 e. The Bertz CT molecular complexity index is 433. The topological polar surface area (TPSA) is 17.1 Å². The molecule has 1 nitrogen and oxygen atoms in total. The molecule has 0 fully saturated rings. The molecule has 0 aliphatic heterocycles. The van der Waals surface area contributed by atoms with E-state index in [2.05, 4.69) is 39.0 Å². The lowest BCUT2D eigenvalue weighted by Gasteiger charge is -2.25. The van der Waals surface area contributed by atoms with Gasteiger partial charge in [-0.25, -0.2) is 0 Å². The van der Waals surface area contributed by atoms with Gasteiger partial charge in [0, 0.05) is 6.42 Å². The highest BCUT2D eigenvalue weighted by Gasteiger charge is 2.21. The van der Waals surface area contributed by atoms with E-state index in [9.17, 15) is 4.79 Å². The monoisotopic (exact) mass is 200 g/mol. The van der Waals surface area contributed by atoms with E-state index >= 15 is 0 Å². The predicted octanol–water partition coefficient (Wildman–Crippen LogP) is 3.12. The minimum Gasteiger partial charge on any atom is -0.294 e. The summed E-state index contributed by atoms with van der Waals surface area (Å²) >= 11 is 0. The maximum Gasteiger partial charge on any atom is 0.160 e. The second-order valence-corrected chi connectivity index (χ2v) is 5.10. The third-order valence-electron chi connectivity index (χ3n) is 2.82. The second kappa shape index (κ2) is 3.34. The summed E-state index contributed by atoms with van der Waals surface area (Å²) in [4.78, 5) is 11.4. The molecule has 1 aliphatic carbocycles. The standard InChI is InChI=1S/C14H16O/c1-14(2,3)13-6-4-5-10-7-8-11(15)9-12(10)13/h4-8H,9H2,1-3H3. The predicted molar refractivity (Wildman–Crippen MR) is 62.9 cm³/mol. The first-order valence-corrected chi connectivity index (χ1v) is 5.32. The summed E-state index contributed by atoms with van der Waals surface area (Å²) in [5, 5.41) is 0. The molecule has 0 aromatic heterocycles. The molecule has 0 heterocycles. The van der Waals surface area contributed by atoms with Crippen molar-refractivity contribution in [1.82, 2.24) is 0 Å². The Balaban J connectivity index is 2.60. The van der Waals surface area contributed by atoms with Crippen LogP contribution in [0.1, 0.15) is 37.5 Å². The number of hydrogen-bond acceptors (Lipinski definition) is 1. The van der Waals surface area contributed by atoms with Crippen LogP contribution in [-0.2, 0) is 16.6 Å². The molecule has 0 amide bonds. The van der Waals surface area contributed by atoms with Gasteiger partial charge in [-0.2, -0.15) is 0 Å². The normalized spacial score (nSPS) is 15.3. The molecule has 1 aliphatic rings. The highest BCUT2D eigenvalue weighted by molar-refractivity contribution is 5.98. The van der Waals surface area contributed by atoms with Crippen molar-refractivity contribution >= 4 is 11.9 Å². The molecule has 0 spiro atoms. The summed E-state index contributed by atoms with van der Waals surface area (Å²) in [6.07, 6.45) is 4.16. The van der Waals surface area contributed by atoms with Crippen LogP contribution in [0.2, 0.25) is 0 Å². The van der Waals surface area contributed by atoms with E-state index in [1.165, 1.54) is 16.7 Å². The van der Waals surface area contributed by atoms with E-state index in [1.54, 1.807) is 6.08 Å². The maximum atomic E-state index is 11.4. The van der Waals surface area contributed by atoms with Crippen LogP contribution in [-0.4, -0.2) is 5.78 Å². The van der Waals surface area contributed by atoms with Crippen molar-refractivity contribution in [2.24, 2.45) is 0 Å². The molecule has 78 valence electrons. The molecule has 0 bridgehead atoms. The van der Waals surface area contributed by atoms with E-state index in [4.69, 9.17) is 0 Å². The highest BCUT2D eigenvalue weighted by Crippen LogP contribution is 2.30. The first-order valence-electron chi connectivity index (χ1n) is 5.32. The van der Waals surface area contributed by atoms with E-state index in [0.717, 1.165) is 0 Å². The number of carbonyl (C=O) groups is 1. The molecule has 15 heavy (non-hydrogen) atoms. The molecule has 0 saturated heterocycles. The van der Waals surface area contributed by atoms with Crippen molar-refractivity contribution in [3.63, 3.8) is 0 Å². The van der Waals surface area contributed by atoms with Crippen molar-refractivity contribution in [1.29, 1.82) is 0 Å². The van der Waals surface area contributed by atoms with Gasteiger partial charge in [0.05, 0.1) is 0 Å². The lowest BCUT2D eigenvalue weighted by atomic mass is 9.79. The van der Waals surface area contributed by atoms with Gasteiger partial charge in [0.25, 0.3) is 0 Å². The van der Waals surface area contributed by atoms with Crippen molar-refractivity contribution in [2.45, 2.75) is 32.6 Å². The number of carbonyl (C=O) groups excluding carboxylic acids is 1. The first kappa shape index (κ1) is 10.2. The van der Waals surface area contributed by atoms with Crippen LogP contribution in [0.25, 0.3) is 6.08 Å². The number of allylic oxidation sites excluding steroid dienone is 1. The van der Waals surface area contributed by atoms with E-state index in [-0.39, 0.29) is 11.2 Å². The lowest BCUT2D eigenvalue weighted by molar-refractivity contribution is -0.114. The van der Waals surface area contributed by atoms with Gasteiger partial charge in [-0.1, -0.05) is 45.0 Å². The van der Waals surface area contributed by atoms with Gasteiger partial charge in [-0.05, 0) is 28.2 Å². The van der Waals surface area contributed by atoms with Crippen LogP contribution in [0.5, 0.6) is 0 Å². The quantitative estimate of drug-likeness (QED) is 0.629. The molecular formula is C14H16O. The molecular weight excluding hydrogens is 184 g/mol. The number of hydrogen-bond donors (Lipinski definition) is 0. The van der Waals surface area contributed by atoms with Crippen molar-refractivity contribution in [3.05, 3.63) is 41.0 Å². The average molecular weight is 200 g/mol. The van der Waals surface area contributed by atoms with E-state index in [0.29, 0.717) is 6.42 Å². The molecule has 0 radical (unpaired) electrons. The van der Waals surface area contributed by atoms with Gasteiger partial charge in [-0.15, -0.1) is 0 Å². The van der Waals surface area contributed by atoms with E-state index < -0.39 is 0 Å². The van der Waals surface area contributed by atoms with Gasteiger partial charge in [-0.3, -0.25) is 4.79 Å². The van der Waals surface area contributed by atoms with Crippen LogP contribution in [0.3, 0.4) is 0 Å². The Labute approximate surface area is 90.8 Å². The Morgan fingerprint density at radius 1 is 1.13 bits per heavy atom. The van der Waals surface area contributed by atoms with Crippen molar-refractivity contribution < 1.29 is 4.79 Å². The lowest BCUT2D eigenvalue weighted by Crippen LogP contribution is -2.18. The zero-order chi connectivity index (χ0) is 11.1. The average Bonchev–Trinajstić information content (AvgIpc) is 2.15.